The second-order valence-electron chi connectivity index (χ2n) is 10.0. The van der Waals surface area contributed by atoms with Crippen LogP contribution in [0.2, 0.25) is 0 Å². The summed E-state index contributed by atoms with van der Waals surface area (Å²) >= 11 is 1.17. The number of nitrogens with zero attached hydrogens (tertiary/aromatic N) is 3. The number of carbonyl (C=O) groups excluding carboxylic acids is 1. The summed E-state index contributed by atoms with van der Waals surface area (Å²) in [5.74, 6) is -0.638. The summed E-state index contributed by atoms with van der Waals surface area (Å²) in [6, 6.07) is 18.1. The summed E-state index contributed by atoms with van der Waals surface area (Å²) in [5, 5.41) is 9.20. The number of benzene rings is 3. The van der Waals surface area contributed by atoms with Gasteiger partial charge in [0.2, 0.25) is 0 Å². The number of halogens is 1. The zero-order valence-corrected chi connectivity index (χ0v) is 21.1. The molecule has 6 nitrogen and oxygen atoms in total. The molecule has 3 atom stereocenters. The lowest BCUT2D eigenvalue weighted by atomic mass is 9.91. The molecule has 0 aliphatic carbocycles. The average Bonchev–Trinajstić information content (AvgIpc) is 3.34. The summed E-state index contributed by atoms with van der Waals surface area (Å²) in [6.07, 6.45) is 3.56. The molecule has 1 amide bonds. The van der Waals surface area contributed by atoms with E-state index in [0.717, 1.165) is 47.0 Å². The number of fused-ring (bicyclic) bond motifs is 3. The minimum atomic E-state index is -0.609. The van der Waals surface area contributed by atoms with Gasteiger partial charge in [0.15, 0.2) is 0 Å². The van der Waals surface area contributed by atoms with Gasteiger partial charge >= 0.3 is 4.87 Å². The molecule has 8 heteroatoms. The molecule has 2 N–H and O–H groups in total. The first-order valence-corrected chi connectivity index (χ1v) is 13.2. The molecule has 2 saturated heterocycles. The fourth-order valence-electron chi connectivity index (χ4n) is 5.94. The normalized spacial score (nSPS) is 20.8. The van der Waals surface area contributed by atoms with E-state index >= 15 is 0 Å². The van der Waals surface area contributed by atoms with Crippen molar-refractivity contribution < 1.29 is 9.18 Å². The largest absolute Gasteiger partial charge is 0.333 e. The van der Waals surface area contributed by atoms with Crippen LogP contribution in [-0.4, -0.2) is 33.5 Å². The number of nitriles is 1. The lowest BCUT2D eigenvalue weighted by molar-refractivity contribution is 0.0575. The smallest absolute Gasteiger partial charge is 0.307 e. The molecule has 186 valence electrons. The molecular formula is C29H25FN4O2S. The van der Waals surface area contributed by atoms with Crippen molar-refractivity contribution in [1.29, 1.82) is 5.26 Å². The number of amides is 1. The Hall–Kier alpha value is -3.80. The number of aromatic nitrogens is 1. The highest BCUT2D eigenvalue weighted by molar-refractivity contribution is 7.16. The van der Waals surface area contributed by atoms with Crippen molar-refractivity contribution in [3.63, 3.8) is 0 Å². The van der Waals surface area contributed by atoms with Crippen LogP contribution in [0, 0.1) is 17.1 Å². The van der Waals surface area contributed by atoms with Crippen LogP contribution in [0.3, 0.4) is 0 Å². The number of piperidine rings is 1. The minimum Gasteiger partial charge on any atom is -0.333 e. The average molecular weight is 513 g/mol. The van der Waals surface area contributed by atoms with Gasteiger partial charge in [-0.3, -0.25) is 9.59 Å². The molecule has 6 rings (SSSR count). The molecule has 3 heterocycles. The Morgan fingerprint density at radius 3 is 2.43 bits per heavy atom. The van der Waals surface area contributed by atoms with Crippen LogP contribution >= 0.6 is 11.3 Å². The molecule has 3 aromatic carbocycles. The fraction of sp³-hybridized carbons (Fsp3) is 0.276. The van der Waals surface area contributed by atoms with E-state index in [2.05, 4.69) is 0 Å². The summed E-state index contributed by atoms with van der Waals surface area (Å²) in [4.78, 5) is 27.8. The first-order valence-electron chi connectivity index (χ1n) is 12.4. The summed E-state index contributed by atoms with van der Waals surface area (Å²) < 4.78 is 17.1. The van der Waals surface area contributed by atoms with E-state index in [9.17, 15) is 19.2 Å². The predicted molar refractivity (Wildman–Crippen MR) is 143 cm³/mol. The SMILES string of the molecule is Cn1c(=O)sc2cc(-c3ccc(C(=O)N4[C@@H]5CC[C@H]4CC(N)C5)cc3-c3ccc(C#N)c(F)c3)ccc21. The highest BCUT2D eigenvalue weighted by Crippen LogP contribution is 2.39. The van der Waals surface area contributed by atoms with Gasteiger partial charge in [-0.25, -0.2) is 4.39 Å². The van der Waals surface area contributed by atoms with E-state index < -0.39 is 5.82 Å². The Bertz CT molecular complexity index is 1650. The van der Waals surface area contributed by atoms with Crippen LogP contribution in [-0.2, 0) is 7.05 Å². The van der Waals surface area contributed by atoms with Crippen molar-refractivity contribution in [2.75, 3.05) is 0 Å². The number of hydrogen-bond donors (Lipinski definition) is 1. The summed E-state index contributed by atoms with van der Waals surface area (Å²) in [5.41, 5.74) is 10.5. The number of nitrogens with two attached hydrogens (primary N) is 1. The Morgan fingerprint density at radius 2 is 1.73 bits per heavy atom. The van der Waals surface area contributed by atoms with E-state index in [4.69, 9.17) is 5.73 Å². The Labute approximate surface area is 217 Å². The van der Waals surface area contributed by atoms with Gasteiger partial charge in [-0.1, -0.05) is 29.5 Å². The van der Waals surface area contributed by atoms with Gasteiger partial charge in [0.1, 0.15) is 11.9 Å². The number of carbonyl (C=O) groups is 1. The van der Waals surface area contributed by atoms with Crippen molar-refractivity contribution in [2.45, 2.75) is 43.8 Å². The second-order valence-corrected chi connectivity index (χ2v) is 11.0. The molecule has 1 unspecified atom stereocenters. The number of hydrogen-bond acceptors (Lipinski definition) is 5. The molecule has 2 aliphatic heterocycles. The molecule has 0 spiro atoms. The first kappa shape index (κ1) is 23.6. The standard InChI is InChI=1S/C29H25FN4O2S/c1-33-26-9-5-17(12-27(26)37-29(33)36)23-8-4-18(10-24(23)16-2-3-19(15-31)25(30)11-16)28(35)34-21-6-7-22(34)14-20(32)13-21/h2-5,8-12,20-22H,6-7,13-14,32H2,1H3/t20?,21-,22+. The number of thiazole rings is 1. The lowest BCUT2D eigenvalue weighted by Gasteiger charge is -2.38. The molecule has 2 fully saturated rings. The van der Waals surface area contributed by atoms with Crippen LogP contribution in [0.25, 0.3) is 32.5 Å². The van der Waals surface area contributed by atoms with E-state index in [1.807, 2.05) is 47.4 Å². The van der Waals surface area contributed by atoms with Gasteiger partial charge in [0.05, 0.1) is 15.8 Å². The van der Waals surface area contributed by atoms with Crippen LogP contribution < -0.4 is 10.6 Å². The van der Waals surface area contributed by atoms with Gasteiger partial charge in [-0.15, -0.1) is 0 Å². The number of aryl methyl sites for hydroxylation is 1. The van der Waals surface area contributed by atoms with E-state index in [1.54, 1.807) is 17.7 Å². The lowest BCUT2D eigenvalue weighted by Crippen LogP contribution is -2.50. The van der Waals surface area contributed by atoms with Crippen molar-refractivity contribution in [2.24, 2.45) is 12.8 Å². The summed E-state index contributed by atoms with van der Waals surface area (Å²) in [6.45, 7) is 0. The zero-order valence-electron chi connectivity index (χ0n) is 20.3. The molecular weight excluding hydrogens is 487 g/mol. The number of rotatable bonds is 3. The minimum absolute atomic E-state index is 0.0296. The first-order chi connectivity index (χ1) is 17.8. The van der Waals surface area contributed by atoms with Crippen LogP contribution in [0.5, 0.6) is 0 Å². The zero-order chi connectivity index (χ0) is 25.8. The molecule has 1 aromatic heterocycles. The van der Waals surface area contributed by atoms with E-state index in [0.29, 0.717) is 16.7 Å². The van der Waals surface area contributed by atoms with Crippen molar-refractivity contribution in [3.8, 4) is 28.3 Å². The third-order valence-electron chi connectivity index (χ3n) is 7.77. The van der Waals surface area contributed by atoms with Crippen LogP contribution in [0.15, 0.2) is 59.4 Å². The van der Waals surface area contributed by atoms with Gasteiger partial charge in [0.25, 0.3) is 5.91 Å². The third kappa shape index (κ3) is 3.95. The summed E-state index contributed by atoms with van der Waals surface area (Å²) in [7, 11) is 1.74. The maximum Gasteiger partial charge on any atom is 0.307 e. The second kappa shape index (κ2) is 8.94. The predicted octanol–water partition coefficient (Wildman–Crippen LogP) is 5.04. The third-order valence-corrected chi connectivity index (χ3v) is 8.77. The molecule has 0 saturated carbocycles. The van der Waals surface area contributed by atoms with Gasteiger partial charge in [-0.05, 0) is 84.3 Å². The van der Waals surface area contributed by atoms with Crippen molar-refractivity contribution >= 4 is 27.5 Å². The Kier molecular flexibility index (Phi) is 5.70. The maximum atomic E-state index is 14.7. The molecule has 4 aromatic rings. The molecule has 2 bridgehead atoms. The van der Waals surface area contributed by atoms with Gasteiger partial charge < -0.3 is 15.2 Å². The Balaban J connectivity index is 1.48. The molecule has 37 heavy (non-hydrogen) atoms. The van der Waals surface area contributed by atoms with Crippen LogP contribution in [0.4, 0.5) is 4.39 Å². The molecule has 0 radical (unpaired) electrons. The Morgan fingerprint density at radius 1 is 1.03 bits per heavy atom. The highest BCUT2D eigenvalue weighted by atomic mass is 32.1. The maximum absolute atomic E-state index is 14.7. The highest BCUT2D eigenvalue weighted by Gasteiger charge is 2.42. The molecule has 2 aliphatic rings. The van der Waals surface area contributed by atoms with E-state index in [-0.39, 0.29) is 34.5 Å². The van der Waals surface area contributed by atoms with E-state index in [1.165, 1.54) is 23.5 Å². The van der Waals surface area contributed by atoms with Gasteiger partial charge in [-0.2, -0.15) is 5.26 Å². The van der Waals surface area contributed by atoms with Gasteiger partial charge in [0, 0.05) is 30.7 Å². The quantitative estimate of drug-likeness (QED) is 0.416. The monoisotopic (exact) mass is 512 g/mol. The van der Waals surface area contributed by atoms with Crippen molar-refractivity contribution in [3.05, 3.63) is 81.2 Å². The van der Waals surface area contributed by atoms with Crippen molar-refractivity contribution in [1.82, 2.24) is 9.47 Å². The fourth-order valence-corrected chi connectivity index (χ4v) is 6.86. The topological polar surface area (TPSA) is 92.1 Å². The van der Waals surface area contributed by atoms with Crippen LogP contribution in [0.1, 0.15) is 41.6 Å².